The van der Waals surface area contributed by atoms with E-state index in [4.69, 9.17) is 9.51 Å². The molecule has 5 rings (SSSR count). The second-order valence-electron chi connectivity index (χ2n) is 7.63. The number of likely N-dealkylation sites (tertiary alicyclic amines) is 1. The van der Waals surface area contributed by atoms with E-state index in [-0.39, 0.29) is 5.41 Å². The quantitative estimate of drug-likeness (QED) is 0.735. The molecule has 1 saturated carbocycles. The predicted molar refractivity (Wildman–Crippen MR) is 93.3 cm³/mol. The lowest BCUT2D eigenvalue weighted by Gasteiger charge is -2.24. The molecule has 2 atom stereocenters. The molecule has 1 aliphatic carbocycles. The summed E-state index contributed by atoms with van der Waals surface area (Å²) in [6.45, 7) is 7.03. The molecule has 6 nitrogen and oxygen atoms in total. The highest BCUT2D eigenvalue weighted by Gasteiger charge is 2.54. The van der Waals surface area contributed by atoms with Crippen LogP contribution in [0.3, 0.4) is 0 Å². The van der Waals surface area contributed by atoms with Crippen molar-refractivity contribution in [2.24, 2.45) is 5.92 Å². The van der Waals surface area contributed by atoms with Gasteiger partial charge >= 0.3 is 0 Å². The number of hydrogen-bond acceptors (Lipinski definition) is 5. The van der Waals surface area contributed by atoms with Crippen LogP contribution in [0.1, 0.15) is 42.4 Å². The van der Waals surface area contributed by atoms with Crippen LogP contribution in [0.25, 0.3) is 5.65 Å². The third-order valence-corrected chi connectivity index (χ3v) is 6.10. The van der Waals surface area contributed by atoms with Gasteiger partial charge in [-0.3, -0.25) is 4.90 Å². The minimum atomic E-state index is 0.0512. The molecule has 3 aromatic rings. The molecular weight excluding hydrogens is 314 g/mol. The molecule has 1 aliphatic heterocycles. The Morgan fingerprint density at radius 1 is 1.28 bits per heavy atom. The molecule has 2 fully saturated rings. The average Bonchev–Trinajstić information content (AvgIpc) is 3.31. The Morgan fingerprint density at radius 3 is 3.04 bits per heavy atom. The van der Waals surface area contributed by atoms with Gasteiger partial charge in [-0.1, -0.05) is 17.6 Å². The Balaban J connectivity index is 1.46. The van der Waals surface area contributed by atoms with E-state index in [1.807, 2.05) is 13.0 Å². The van der Waals surface area contributed by atoms with E-state index >= 15 is 0 Å². The van der Waals surface area contributed by atoms with Crippen LogP contribution >= 0.6 is 0 Å². The number of pyridine rings is 1. The van der Waals surface area contributed by atoms with Crippen molar-refractivity contribution in [2.75, 3.05) is 13.1 Å². The minimum Gasteiger partial charge on any atom is -0.339 e. The fraction of sp³-hybridized carbons (Fsp3) is 0.526. The van der Waals surface area contributed by atoms with Crippen LogP contribution in [0, 0.1) is 19.8 Å². The monoisotopic (exact) mass is 337 g/mol. The summed E-state index contributed by atoms with van der Waals surface area (Å²) in [5, 5.41) is 4.05. The third-order valence-electron chi connectivity index (χ3n) is 6.10. The van der Waals surface area contributed by atoms with Crippen LogP contribution in [-0.4, -0.2) is 37.5 Å². The van der Waals surface area contributed by atoms with Crippen molar-refractivity contribution >= 4 is 5.65 Å². The lowest BCUT2D eigenvalue weighted by molar-refractivity contribution is 0.243. The van der Waals surface area contributed by atoms with Gasteiger partial charge < -0.3 is 8.92 Å². The van der Waals surface area contributed by atoms with Gasteiger partial charge in [0.1, 0.15) is 5.65 Å². The summed E-state index contributed by atoms with van der Waals surface area (Å²) in [4.78, 5) is 11.9. The number of aromatic nitrogens is 4. The Kier molecular flexibility index (Phi) is 3.25. The molecule has 0 N–H and O–H groups in total. The number of hydrogen-bond donors (Lipinski definition) is 0. The fourth-order valence-corrected chi connectivity index (χ4v) is 4.93. The zero-order valence-electron chi connectivity index (χ0n) is 14.8. The van der Waals surface area contributed by atoms with Crippen molar-refractivity contribution in [3.05, 3.63) is 47.5 Å². The van der Waals surface area contributed by atoms with Crippen molar-refractivity contribution < 1.29 is 4.52 Å². The first kappa shape index (κ1) is 15.1. The Morgan fingerprint density at radius 2 is 2.20 bits per heavy atom. The van der Waals surface area contributed by atoms with E-state index < -0.39 is 0 Å². The summed E-state index contributed by atoms with van der Waals surface area (Å²) in [6.07, 6.45) is 5.78. The molecule has 2 aliphatic rings. The highest BCUT2D eigenvalue weighted by atomic mass is 16.5. The maximum absolute atomic E-state index is 5.63. The third kappa shape index (κ3) is 2.24. The number of imidazole rings is 1. The molecule has 1 saturated heterocycles. The zero-order valence-corrected chi connectivity index (χ0v) is 14.8. The zero-order chi connectivity index (χ0) is 17.0. The molecule has 4 heterocycles. The topological polar surface area (TPSA) is 59.5 Å². The average molecular weight is 337 g/mol. The highest BCUT2D eigenvalue weighted by Crippen LogP contribution is 2.50. The molecule has 0 unspecified atom stereocenters. The summed E-state index contributed by atoms with van der Waals surface area (Å²) in [7, 11) is 0. The van der Waals surface area contributed by atoms with Crippen molar-refractivity contribution in [1.29, 1.82) is 0 Å². The summed E-state index contributed by atoms with van der Waals surface area (Å²) < 4.78 is 7.84. The van der Waals surface area contributed by atoms with Crippen molar-refractivity contribution in [2.45, 2.75) is 45.1 Å². The van der Waals surface area contributed by atoms with E-state index in [0.29, 0.717) is 5.92 Å². The van der Waals surface area contributed by atoms with E-state index in [0.717, 1.165) is 49.1 Å². The van der Waals surface area contributed by atoms with Crippen molar-refractivity contribution in [1.82, 2.24) is 24.4 Å². The Hall–Kier alpha value is -2.21. The largest absolute Gasteiger partial charge is 0.339 e. The van der Waals surface area contributed by atoms with Gasteiger partial charge in [-0.15, -0.1) is 0 Å². The SMILES string of the molecule is Cc1noc([C@]23CCC[C@H]2CN(Cc2c(C)nc4ccccn24)C3)n1. The van der Waals surface area contributed by atoms with Crippen LogP contribution in [0.15, 0.2) is 28.9 Å². The second kappa shape index (κ2) is 5.39. The molecule has 0 radical (unpaired) electrons. The summed E-state index contributed by atoms with van der Waals surface area (Å²) >= 11 is 0. The minimum absolute atomic E-state index is 0.0512. The van der Waals surface area contributed by atoms with Crippen LogP contribution < -0.4 is 0 Å². The maximum Gasteiger partial charge on any atom is 0.234 e. The number of nitrogens with zero attached hydrogens (tertiary/aromatic N) is 5. The molecule has 6 heteroatoms. The first-order valence-electron chi connectivity index (χ1n) is 9.11. The van der Waals surface area contributed by atoms with E-state index in [1.54, 1.807) is 0 Å². The van der Waals surface area contributed by atoms with E-state index in [9.17, 15) is 0 Å². The normalized spacial score (nSPS) is 26.6. The number of fused-ring (bicyclic) bond motifs is 2. The standard InChI is InChI=1S/C19H23N5O/c1-13-16(24-9-4-3-7-17(24)20-13)11-23-10-15-6-5-8-19(15,12-23)18-21-14(2)22-25-18/h3-4,7,9,15H,5-6,8,10-12H2,1-2H3/t15-,19-/m0/s1. The lowest BCUT2D eigenvalue weighted by atomic mass is 9.80. The van der Waals surface area contributed by atoms with E-state index in [1.165, 1.54) is 18.5 Å². The van der Waals surface area contributed by atoms with Crippen LogP contribution in [-0.2, 0) is 12.0 Å². The van der Waals surface area contributed by atoms with Gasteiger partial charge in [-0.25, -0.2) is 4.98 Å². The smallest absolute Gasteiger partial charge is 0.234 e. The van der Waals surface area contributed by atoms with E-state index in [2.05, 4.69) is 44.7 Å². The van der Waals surface area contributed by atoms with Crippen LogP contribution in [0.5, 0.6) is 0 Å². The van der Waals surface area contributed by atoms with Gasteiger partial charge in [-0.05, 0) is 44.7 Å². The molecule has 3 aromatic heterocycles. The van der Waals surface area contributed by atoms with Crippen LogP contribution in [0.4, 0.5) is 0 Å². The lowest BCUT2D eigenvalue weighted by Crippen LogP contribution is -2.32. The maximum atomic E-state index is 5.63. The molecule has 130 valence electrons. The molecule has 0 spiro atoms. The molecule has 0 bridgehead atoms. The molecule has 25 heavy (non-hydrogen) atoms. The van der Waals surface area contributed by atoms with Gasteiger partial charge in [0, 0.05) is 25.8 Å². The number of rotatable bonds is 3. The van der Waals surface area contributed by atoms with Crippen molar-refractivity contribution in [3.8, 4) is 0 Å². The summed E-state index contributed by atoms with van der Waals surface area (Å²) in [5.74, 6) is 2.21. The number of aryl methyl sites for hydroxylation is 2. The summed E-state index contributed by atoms with van der Waals surface area (Å²) in [6, 6.07) is 6.18. The Bertz CT molecular complexity index is 929. The van der Waals surface area contributed by atoms with Gasteiger partial charge in [0.25, 0.3) is 0 Å². The molecule has 0 amide bonds. The molecule has 0 aromatic carbocycles. The van der Waals surface area contributed by atoms with Gasteiger partial charge in [0.05, 0.1) is 16.8 Å². The van der Waals surface area contributed by atoms with Crippen molar-refractivity contribution in [3.63, 3.8) is 0 Å². The first-order chi connectivity index (χ1) is 12.2. The fourth-order valence-electron chi connectivity index (χ4n) is 4.93. The summed E-state index contributed by atoms with van der Waals surface area (Å²) in [5.41, 5.74) is 3.48. The molecular formula is C19H23N5O. The van der Waals surface area contributed by atoms with Gasteiger partial charge in [0.2, 0.25) is 5.89 Å². The second-order valence-corrected chi connectivity index (χ2v) is 7.63. The highest BCUT2D eigenvalue weighted by molar-refractivity contribution is 5.42. The van der Waals surface area contributed by atoms with Gasteiger partial charge in [-0.2, -0.15) is 4.98 Å². The van der Waals surface area contributed by atoms with Gasteiger partial charge in [0.15, 0.2) is 5.82 Å². The van der Waals surface area contributed by atoms with Crippen LogP contribution in [0.2, 0.25) is 0 Å². The predicted octanol–water partition coefficient (Wildman–Crippen LogP) is 2.89. The Labute approximate surface area is 146 Å². The first-order valence-corrected chi connectivity index (χ1v) is 9.11.